The highest BCUT2D eigenvalue weighted by atomic mass is 79.9. The van der Waals surface area contributed by atoms with Gasteiger partial charge in [0.1, 0.15) is 5.82 Å². The summed E-state index contributed by atoms with van der Waals surface area (Å²) in [7, 11) is 0. The molecule has 1 aromatic heterocycles. The third-order valence-electron chi connectivity index (χ3n) is 5.91. The molecule has 0 saturated heterocycles. The number of ketones is 1. The van der Waals surface area contributed by atoms with Crippen LogP contribution in [0.15, 0.2) is 81.9 Å². The van der Waals surface area contributed by atoms with Gasteiger partial charge in [0.25, 0.3) is 0 Å². The molecular weight excluding hydrogens is 440 g/mol. The fourth-order valence-electron chi connectivity index (χ4n) is 4.56. The molecule has 1 aliphatic carbocycles. The van der Waals surface area contributed by atoms with Gasteiger partial charge in [-0.05, 0) is 66.3 Å². The number of nitrogens with zero attached hydrogens (tertiary/aromatic N) is 2. The van der Waals surface area contributed by atoms with Gasteiger partial charge in [-0.25, -0.2) is 0 Å². The molecule has 5 rings (SSSR count). The number of hydrogen-bond acceptors (Lipinski definition) is 4. The van der Waals surface area contributed by atoms with Crippen LogP contribution in [0.1, 0.15) is 30.7 Å². The van der Waals surface area contributed by atoms with Crippen molar-refractivity contribution >= 4 is 38.3 Å². The van der Waals surface area contributed by atoms with Gasteiger partial charge in [-0.3, -0.25) is 9.69 Å². The largest absolute Gasteiger partial charge is 0.384 e. The monoisotopic (exact) mass is 458 g/mol. The summed E-state index contributed by atoms with van der Waals surface area (Å²) in [5.41, 5.74) is 11.4. The first-order valence-corrected chi connectivity index (χ1v) is 10.7. The second-order valence-corrected chi connectivity index (χ2v) is 8.53. The Bertz CT molecular complexity index is 1280. The van der Waals surface area contributed by atoms with Crippen molar-refractivity contribution in [2.24, 2.45) is 5.73 Å². The van der Waals surface area contributed by atoms with E-state index in [4.69, 9.17) is 5.73 Å². The number of rotatable bonds is 2. The number of aromatic nitrogens is 1. The summed E-state index contributed by atoms with van der Waals surface area (Å²) in [4.78, 5) is 18.2. The molecule has 3 N–H and O–H groups in total. The van der Waals surface area contributed by atoms with Crippen LogP contribution in [0.5, 0.6) is 0 Å². The Morgan fingerprint density at radius 1 is 1.13 bits per heavy atom. The third kappa shape index (κ3) is 2.86. The molecular formula is C24H19BrN4O. The molecule has 1 aliphatic heterocycles. The zero-order valence-electron chi connectivity index (χ0n) is 16.2. The minimum Gasteiger partial charge on any atom is -0.384 e. The second kappa shape index (κ2) is 7.19. The molecule has 1 atom stereocenters. The molecule has 6 heteroatoms. The molecule has 0 bridgehead atoms. The van der Waals surface area contributed by atoms with Gasteiger partial charge in [0.05, 0.1) is 17.6 Å². The highest BCUT2D eigenvalue weighted by molar-refractivity contribution is 9.10. The number of carbonyl (C=O) groups is 1. The summed E-state index contributed by atoms with van der Waals surface area (Å²) in [6.07, 6.45) is 3.91. The van der Waals surface area contributed by atoms with E-state index in [1.165, 1.54) is 0 Å². The van der Waals surface area contributed by atoms with Crippen molar-refractivity contribution in [1.82, 2.24) is 4.98 Å². The predicted molar refractivity (Wildman–Crippen MR) is 120 cm³/mol. The number of halogens is 1. The van der Waals surface area contributed by atoms with E-state index >= 15 is 0 Å². The van der Waals surface area contributed by atoms with Crippen LogP contribution in [0.2, 0.25) is 0 Å². The number of nitrogens with two attached hydrogens (primary N) is 1. The van der Waals surface area contributed by atoms with Crippen molar-refractivity contribution in [2.45, 2.75) is 25.2 Å². The summed E-state index contributed by atoms with van der Waals surface area (Å²) < 4.78 is 0.956. The van der Waals surface area contributed by atoms with Gasteiger partial charge in [0, 0.05) is 39.6 Å². The smallest absolute Gasteiger partial charge is 0.161 e. The number of fused-ring (bicyclic) bond motifs is 1. The Kier molecular flexibility index (Phi) is 4.48. The number of hydrogen-bond donors (Lipinski definition) is 2. The number of nitrogens with one attached hydrogen (secondary N) is 1. The Morgan fingerprint density at radius 3 is 2.70 bits per heavy atom. The van der Waals surface area contributed by atoms with Crippen LogP contribution < -0.4 is 10.6 Å². The lowest BCUT2D eigenvalue weighted by atomic mass is 9.75. The van der Waals surface area contributed by atoms with Gasteiger partial charge >= 0.3 is 0 Å². The SMILES string of the molecule is N#CC1=C(N)N(c2ccc(Br)cc2)C2=C(C(=O)CCC2)C1c1ccc2[nH]ccc2c1. The average molecular weight is 459 g/mol. The lowest BCUT2D eigenvalue weighted by molar-refractivity contribution is -0.116. The third-order valence-corrected chi connectivity index (χ3v) is 6.44. The van der Waals surface area contributed by atoms with Crippen LogP contribution in [-0.2, 0) is 4.79 Å². The van der Waals surface area contributed by atoms with E-state index in [0.717, 1.165) is 45.2 Å². The number of Topliss-reactive ketones (excluding diaryl/α,β-unsaturated/α-hetero) is 1. The van der Waals surface area contributed by atoms with Crippen molar-refractivity contribution < 1.29 is 4.79 Å². The average Bonchev–Trinajstić information content (AvgIpc) is 3.22. The standard InChI is InChI=1S/C24H19BrN4O/c25-16-5-7-17(8-6-16)29-20-2-1-3-21(30)23(20)22(18(13-26)24(29)27)15-4-9-19-14(12-15)10-11-28-19/h4-12,22,28H,1-3,27H2. The summed E-state index contributed by atoms with van der Waals surface area (Å²) in [6, 6.07) is 18.1. The minimum absolute atomic E-state index is 0.0952. The molecule has 2 aromatic carbocycles. The lowest BCUT2D eigenvalue weighted by Gasteiger charge is -2.39. The molecule has 30 heavy (non-hydrogen) atoms. The quantitative estimate of drug-likeness (QED) is 0.549. The maximum Gasteiger partial charge on any atom is 0.161 e. The molecule has 0 amide bonds. The highest BCUT2D eigenvalue weighted by Gasteiger charge is 2.40. The van der Waals surface area contributed by atoms with Crippen molar-refractivity contribution in [3.8, 4) is 6.07 Å². The Hall–Kier alpha value is -3.30. The molecule has 0 spiro atoms. The van der Waals surface area contributed by atoms with Crippen molar-refractivity contribution in [2.75, 3.05) is 4.90 Å². The van der Waals surface area contributed by atoms with Crippen molar-refractivity contribution in [3.63, 3.8) is 0 Å². The Morgan fingerprint density at radius 2 is 1.93 bits per heavy atom. The van der Waals surface area contributed by atoms with Gasteiger partial charge in [0.2, 0.25) is 0 Å². The molecule has 148 valence electrons. The Balaban J connectivity index is 1.75. The van der Waals surface area contributed by atoms with Gasteiger partial charge in [-0.2, -0.15) is 5.26 Å². The van der Waals surface area contributed by atoms with E-state index < -0.39 is 5.92 Å². The number of H-pyrrole nitrogens is 1. The molecule has 0 fully saturated rings. The Labute approximate surface area is 182 Å². The molecule has 0 radical (unpaired) electrons. The first-order chi connectivity index (χ1) is 14.6. The molecule has 2 heterocycles. The number of carbonyl (C=O) groups excluding carboxylic acids is 1. The maximum absolute atomic E-state index is 13.2. The fourth-order valence-corrected chi connectivity index (χ4v) is 4.82. The zero-order valence-corrected chi connectivity index (χ0v) is 17.7. The molecule has 0 saturated carbocycles. The molecule has 2 aliphatic rings. The van der Waals surface area contributed by atoms with Crippen LogP contribution in [-0.4, -0.2) is 10.8 Å². The highest BCUT2D eigenvalue weighted by Crippen LogP contribution is 2.46. The fraction of sp³-hybridized carbons (Fsp3) is 0.167. The molecule has 5 nitrogen and oxygen atoms in total. The zero-order chi connectivity index (χ0) is 20.8. The number of allylic oxidation sites excluding steroid dienone is 3. The summed E-state index contributed by atoms with van der Waals surface area (Å²) in [5.74, 6) is 0.0500. The summed E-state index contributed by atoms with van der Waals surface area (Å²) in [6.45, 7) is 0. The summed E-state index contributed by atoms with van der Waals surface area (Å²) >= 11 is 3.46. The van der Waals surface area contributed by atoms with E-state index in [-0.39, 0.29) is 5.78 Å². The van der Waals surface area contributed by atoms with Crippen LogP contribution in [0.25, 0.3) is 10.9 Å². The van der Waals surface area contributed by atoms with Crippen LogP contribution in [0, 0.1) is 11.3 Å². The first-order valence-electron chi connectivity index (χ1n) is 9.87. The number of aromatic amines is 1. The van der Waals surface area contributed by atoms with Crippen molar-refractivity contribution in [1.29, 1.82) is 5.26 Å². The summed E-state index contributed by atoms with van der Waals surface area (Å²) in [5, 5.41) is 11.1. The van der Waals surface area contributed by atoms with Crippen molar-refractivity contribution in [3.05, 3.63) is 87.4 Å². The van der Waals surface area contributed by atoms with E-state index in [0.29, 0.717) is 23.4 Å². The van der Waals surface area contributed by atoms with E-state index in [1.807, 2.05) is 59.6 Å². The number of nitriles is 1. The minimum atomic E-state index is -0.441. The van der Waals surface area contributed by atoms with Crippen LogP contribution >= 0.6 is 15.9 Å². The van der Waals surface area contributed by atoms with Crippen LogP contribution in [0.4, 0.5) is 5.69 Å². The maximum atomic E-state index is 13.2. The molecule has 3 aromatic rings. The number of benzene rings is 2. The van der Waals surface area contributed by atoms with Gasteiger partial charge in [-0.1, -0.05) is 22.0 Å². The number of anilines is 1. The van der Waals surface area contributed by atoms with E-state index in [2.05, 4.69) is 27.0 Å². The van der Waals surface area contributed by atoms with Gasteiger partial charge in [0.15, 0.2) is 5.78 Å². The first kappa shape index (κ1) is 18.7. The van der Waals surface area contributed by atoms with Gasteiger partial charge < -0.3 is 10.7 Å². The van der Waals surface area contributed by atoms with Crippen LogP contribution in [0.3, 0.4) is 0 Å². The lowest BCUT2D eigenvalue weighted by Crippen LogP contribution is -2.38. The van der Waals surface area contributed by atoms with E-state index in [1.54, 1.807) is 0 Å². The molecule has 1 unspecified atom stereocenters. The van der Waals surface area contributed by atoms with E-state index in [9.17, 15) is 10.1 Å². The second-order valence-electron chi connectivity index (χ2n) is 7.62. The van der Waals surface area contributed by atoms with Gasteiger partial charge in [-0.15, -0.1) is 0 Å². The predicted octanol–water partition coefficient (Wildman–Crippen LogP) is 5.24. The topological polar surface area (TPSA) is 85.9 Å². The normalized spacial score (nSPS) is 19.3.